The van der Waals surface area contributed by atoms with Crippen molar-refractivity contribution in [2.45, 2.75) is 25.3 Å². The Labute approximate surface area is 129 Å². The van der Waals surface area contributed by atoms with Crippen LogP contribution in [-0.4, -0.2) is 39.4 Å². The number of amides is 1. The van der Waals surface area contributed by atoms with Crippen molar-refractivity contribution in [1.29, 1.82) is 0 Å². The van der Waals surface area contributed by atoms with Gasteiger partial charge in [0, 0.05) is 26.0 Å². The van der Waals surface area contributed by atoms with Crippen LogP contribution >= 0.6 is 0 Å². The van der Waals surface area contributed by atoms with Crippen LogP contribution in [0.15, 0.2) is 36.9 Å². The van der Waals surface area contributed by atoms with Crippen molar-refractivity contribution in [2.75, 3.05) is 18.9 Å². The maximum atomic E-state index is 12.6. The van der Waals surface area contributed by atoms with E-state index in [0.717, 1.165) is 36.5 Å². The third-order valence-electron chi connectivity index (χ3n) is 3.93. The molecule has 114 valence electrons. The molecular weight excluding hydrogens is 278 g/mol. The van der Waals surface area contributed by atoms with Crippen LogP contribution in [0.2, 0.25) is 0 Å². The third kappa shape index (κ3) is 3.05. The minimum atomic E-state index is 0.0233. The lowest BCUT2D eigenvalue weighted by Crippen LogP contribution is -2.32. The molecule has 0 aliphatic carbocycles. The molecule has 1 atom stereocenters. The Morgan fingerprint density at radius 2 is 2.14 bits per heavy atom. The Bertz CT molecular complexity index is 646. The van der Waals surface area contributed by atoms with E-state index in [1.54, 1.807) is 24.8 Å². The summed E-state index contributed by atoms with van der Waals surface area (Å²) in [5.74, 6) is 0.858. The summed E-state index contributed by atoms with van der Waals surface area (Å²) >= 11 is 0. The van der Waals surface area contributed by atoms with Crippen LogP contribution in [0.4, 0.5) is 5.82 Å². The SMILES string of the molecule is CNc1cncc([C@H]2CCCN2C(=O)Cc2ccncc2)n1. The van der Waals surface area contributed by atoms with Gasteiger partial charge in [-0.25, -0.2) is 4.98 Å². The number of pyridine rings is 1. The second kappa shape index (κ2) is 6.51. The van der Waals surface area contributed by atoms with Crippen LogP contribution < -0.4 is 5.32 Å². The molecule has 0 aromatic carbocycles. The zero-order valence-corrected chi connectivity index (χ0v) is 12.6. The first-order chi connectivity index (χ1) is 10.8. The fourth-order valence-electron chi connectivity index (χ4n) is 2.81. The number of nitrogens with zero attached hydrogens (tertiary/aromatic N) is 4. The molecule has 6 nitrogen and oxygen atoms in total. The van der Waals surface area contributed by atoms with Crippen LogP contribution in [0.3, 0.4) is 0 Å². The van der Waals surface area contributed by atoms with Crippen molar-refractivity contribution >= 4 is 11.7 Å². The molecule has 0 saturated carbocycles. The van der Waals surface area contributed by atoms with Crippen molar-refractivity contribution < 1.29 is 4.79 Å². The molecule has 0 unspecified atom stereocenters. The molecule has 1 amide bonds. The van der Waals surface area contributed by atoms with Crippen molar-refractivity contribution in [3.05, 3.63) is 48.2 Å². The largest absolute Gasteiger partial charge is 0.372 e. The lowest BCUT2D eigenvalue weighted by Gasteiger charge is -2.24. The van der Waals surface area contributed by atoms with Gasteiger partial charge in [0.2, 0.25) is 5.91 Å². The summed E-state index contributed by atoms with van der Waals surface area (Å²) in [7, 11) is 1.81. The molecule has 3 heterocycles. The number of likely N-dealkylation sites (tertiary alicyclic amines) is 1. The molecule has 0 radical (unpaired) electrons. The summed E-state index contributed by atoms with van der Waals surface area (Å²) in [6, 6.07) is 3.78. The maximum Gasteiger partial charge on any atom is 0.227 e. The number of anilines is 1. The highest BCUT2D eigenvalue weighted by molar-refractivity contribution is 5.79. The number of aromatic nitrogens is 3. The average Bonchev–Trinajstić information content (AvgIpc) is 3.05. The normalized spacial score (nSPS) is 17.5. The van der Waals surface area contributed by atoms with Crippen LogP contribution in [0.5, 0.6) is 0 Å². The van der Waals surface area contributed by atoms with Gasteiger partial charge >= 0.3 is 0 Å². The molecule has 1 N–H and O–H groups in total. The molecule has 2 aromatic rings. The molecule has 1 saturated heterocycles. The van der Waals surface area contributed by atoms with Gasteiger partial charge in [-0.1, -0.05) is 0 Å². The summed E-state index contributed by atoms with van der Waals surface area (Å²) < 4.78 is 0. The molecule has 0 spiro atoms. The second-order valence-electron chi connectivity index (χ2n) is 5.36. The maximum absolute atomic E-state index is 12.6. The fourth-order valence-corrected chi connectivity index (χ4v) is 2.81. The van der Waals surface area contributed by atoms with Gasteiger partial charge in [0.1, 0.15) is 5.82 Å². The first-order valence-electron chi connectivity index (χ1n) is 7.46. The van der Waals surface area contributed by atoms with Gasteiger partial charge in [-0.15, -0.1) is 0 Å². The summed E-state index contributed by atoms with van der Waals surface area (Å²) in [5.41, 5.74) is 1.84. The van der Waals surface area contributed by atoms with E-state index in [9.17, 15) is 4.79 Å². The standard InChI is InChI=1S/C16H19N5O/c1-17-15-11-19-10-13(20-15)14-3-2-8-21(14)16(22)9-12-4-6-18-7-5-12/h4-7,10-11,14H,2-3,8-9H2,1H3,(H,17,20)/t14-/m1/s1. The highest BCUT2D eigenvalue weighted by Crippen LogP contribution is 2.31. The smallest absolute Gasteiger partial charge is 0.227 e. The number of nitrogens with one attached hydrogen (secondary N) is 1. The zero-order valence-electron chi connectivity index (χ0n) is 12.6. The molecule has 3 rings (SSSR count). The first kappa shape index (κ1) is 14.4. The average molecular weight is 297 g/mol. The number of hydrogen-bond donors (Lipinski definition) is 1. The Balaban J connectivity index is 1.76. The Kier molecular flexibility index (Phi) is 4.27. The molecule has 1 aliphatic rings. The number of hydrogen-bond acceptors (Lipinski definition) is 5. The molecule has 1 fully saturated rings. The summed E-state index contributed by atoms with van der Waals surface area (Å²) in [4.78, 5) is 27.2. The van der Waals surface area contributed by atoms with E-state index in [4.69, 9.17) is 0 Å². The van der Waals surface area contributed by atoms with E-state index < -0.39 is 0 Å². The van der Waals surface area contributed by atoms with Crippen LogP contribution in [0.1, 0.15) is 30.1 Å². The van der Waals surface area contributed by atoms with Gasteiger partial charge in [0.05, 0.1) is 30.6 Å². The first-order valence-corrected chi connectivity index (χ1v) is 7.46. The van der Waals surface area contributed by atoms with Crippen molar-refractivity contribution in [3.8, 4) is 0 Å². The third-order valence-corrected chi connectivity index (χ3v) is 3.93. The van der Waals surface area contributed by atoms with Crippen LogP contribution in [-0.2, 0) is 11.2 Å². The highest BCUT2D eigenvalue weighted by atomic mass is 16.2. The van der Waals surface area contributed by atoms with Gasteiger partial charge < -0.3 is 10.2 Å². The predicted molar refractivity (Wildman–Crippen MR) is 83.2 cm³/mol. The zero-order chi connectivity index (χ0) is 15.4. The second-order valence-corrected chi connectivity index (χ2v) is 5.36. The molecule has 0 bridgehead atoms. The van der Waals surface area contributed by atoms with E-state index in [0.29, 0.717) is 6.42 Å². The van der Waals surface area contributed by atoms with Gasteiger partial charge in [-0.2, -0.15) is 0 Å². The Morgan fingerprint density at radius 1 is 1.32 bits per heavy atom. The quantitative estimate of drug-likeness (QED) is 0.932. The number of carbonyl (C=O) groups excluding carboxylic acids is 1. The number of rotatable bonds is 4. The predicted octanol–water partition coefficient (Wildman–Crippen LogP) is 1.82. The van der Waals surface area contributed by atoms with Gasteiger partial charge in [-0.3, -0.25) is 14.8 Å². The Morgan fingerprint density at radius 3 is 2.91 bits per heavy atom. The van der Waals surface area contributed by atoms with E-state index >= 15 is 0 Å². The van der Waals surface area contributed by atoms with E-state index in [1.807, 2.05) is 24.1 Å². The van der Waals surface area contributed by atoms with E-state index in [-0.39, 0.29) is 11.9 Å². The topological polar surface area (TPSA) is 71.0 Å². The van der Waals surface area contributed by atoms with Crippen molar-refractivity contribution in [2.24, 2.45) is 0 Å². The van der Waals surface area contributed by atoms with Crippen LogP contribution in [0.25, 0.3) is 0 Å². The van der Waals surface area contributed by atoms with E-state index in [1.165, 1.54) is 0 Å². The minimum absolute atomic E-state index is 0.0233. The summed E-state index contributed by atoms with van der Waals surface area (Å²) in [6.45, 7) is 0.778. The van der Waals surface area contributed by atoms with E-state index in [2.05, 4.69) is 20.3 Å². The van der Waals surface area contributed by atoms with Crippen molar-refractivity contribution in [3.63, 3.8) is 0 Å². The molecular formula is C16H19N5O. The molecule has 22 heavy (non-hydrogen) atoms. The fraction of sp³-hybridized carbons (Fsp3) is 0.375. The highest BCUT2D eigenvalue weighted by Gasteiger charge is 2.31. The lowest BCUT2D eigenvalue weighted by molar-refractivity contribution is -0.131. The Hall–Kier alpha value is -2.50. The molecule has 2 aromatic heterocycles. The molecule has 1 aliphatic heterocycles. The monoisotopic (exact) mass is 297 g/mol. The lowest BCUT2D eigenvalue weighted by atomic mass is 10.1. The van der Waals surface area contributed by atoms with Gasteiger partial charge in [-0.05, 0) is 30.5 Å². The minimum Gasteiger partial charge on any atom is -0.372 e. The number of carbonyl (C=O) groups is 1. The van der Waals surface area contributed by atoms with Gasteiger partial charge in [0.15, 0.2) is 0 Å². The van der Waals surface area contributed by atoms with Gasteiger partial charge in [0.25, 0.3) is 0 Å². The van der Waals surface area contributed by atoms with Crippen LogP contribution in [0, 0.1) is 0 Å². The molecule has 6 heteroatoms. The summed E-state index contributed by atoms with van der Waals surface area (Å²) in [6.07, 6.45) is 9.20. The van der Waals surface area contributed by atoms with Crippen molar-refractivity contribution in [1.82, 2.24) is 19.9 Å². The summed E-state index contributed by atoms with van der Waals surface area (Å²) in [5, 5.41) is 2.99.